The summed E-state index contributed by atoms with van der Waals surface area (Å²) in [7, 11) is 1.61. The Kier molecular flexibility index (Phi) is 2.90. The van der Waals surface area contributed by atoms with E-state index >= 15 is 0 Å². The first-order valence-electron chi connectivity index (χ1n) is 4.96. The molecule has 4 heteroatoms. The van der Waals surface area contributed by atoms with Gasteiger partial charge in [-0.3, -0.25) is 0 Å². The normalized spacial score (nSPS) is 30.5. The lowest BCUT2D eigenvalue weighted by molar-refractivity contribution is 0.0405. The number of aliphatic hydroxyl groups excluding tert-OH is 2. The van der Waals surface area contributed by atoms with Crippen LogP contribution >= 0.6 is 0 Å². The molecule has 0 bridgehead atoms. The molecule has 1 heterocycles. The highest BCUT2D eigenvalue weighted by Crippen LogP contribution is 2.25. The molecule has 0 aliphatic carbocycles. The van der Waals surface area contributed by atoms with E-state index < -0.39 is 12.2 Å². The van der Waals surface area contributed by atoms with E-state index in [0.717, 1.165) is 11.3 Å². The van der Waals surface area contributed by atoms with E-state index in [1.54, 1.807) is 7.11 Å². The molecule has 0 spiro atoms. The summed E-state index contributed by atoms with van der Waals surface area (Å²) in [5, 5.41) is 22.2. The molecule has 4 nitrogen and oxygen atoms in total. The summed E-state index contributed by atoms with van der Waals surface area (Å²) < 4.78 is 5.05. The summed E-state index contributed by atoms with van der Waals surface area (Å²) in [6.45, 7) is 0.428. The molecule has 1 aliphatic heterocycles. The molecule has 1 aromatic carbocycles. The first-order chi connectivity index (χ1) is 7.22. The van der Waals surface area contributed by atoms with Crippen LogP contribution in [0, 0.1) is 0 Å². The number of β-amino-alcohol motifs (C(OH)–C–C–N with tert-alkyl or cyclic N) is 1. The average Bonchev–Trinajstić information content (AvgIpc) is 2.60. The molecule has 1 aromatic rings. The Bertz CT molecular complexity index is 325. The Hall–Kier alpha value is -1.10. The monoisotopic (exact) mass is 209 g/mol. The third-order valence-electron chi connectivity index (χ3n) is 2.76. The molecule has 1 saturated heterocycles. The van der Waals surface area contributed by atoms with Crippen LogP contribution in [0.5, 0.6) is 5.75 Å². The largest absolute Gasteiger partial charge is 0.497 e. The van der Waals surface area contributed by atoms with Crippen molar-refractivity contribution >= 4 is 0 Å². The van der Waals surface area contributed by atoms with Gasteiger partial charge in [0.1, 0.15) is 11.9 Å². The maximum Gasteiger partial charge on any atom is 0.118 e. The van der Waals surface area contributed by atoms with E-state index in [2.05, 4.69) is 5.32 Å². The SMILES string of the molecule is COc1ccc([C@H]2NC[C@H](O)[C@H]2O)cc1. The van der Waals surface area contributed by atoms with Gasteiger partial charge in [-0.2, -0.15) is 0 Å². The van der Waals surface area contributed by atoms with Gasteiger partial charge in [-0.1, -0.05) is 12.1 Å². The number of hydrogen-bond donors (Lipinski definition) is 3. The van der Waals surface area contributed by atoms with Crippen molar-refractivity contribution in [2.45, 2.75) is 18.2 Å². The molecule has 0 amide bonds. The number of benzene rings is 1. The van der Waals surface area contributed by atoms with Gasteiger partial charge in [0.25, 0.3) is 0 Å². The van der Waals surface area contributed by atoms with Crippen molar-refractivity contribution in [3.8, 4) is 5.75 Å². The van der Waals surface area contributed by atoms with Crippen LogP contribution < -0.4 is 10.1 Å². The summed E-state index contributed by atoms with van der Waals surface area (Å²) in [6, 6.07) is 7.27. The molecular weight excluding hydrogens is 194 g/mol. The van der Waals surface area contributed by atoms with Crippen LogP contribution in [0.1, 0.15) is 11.6 Å². The van der Waals surface area contributed by atoms with Crippen LogP contribution in [0.3, 0.4) is 0 Å². The van der Waals surface area contributed by atoms with Crippen molar-refractivity contribution in [2.75, 3.05) is 13.7 Å². The van der Waals surface area contributed by atoms with Gasteiger partial charge < -0.3 is 20.3 Å². The lowest BCUT2D eigenvalue weighted by Crippen LogP contribution is -2.25. The Labute approximate surface area is 88.5 Å². The van der Waals surface area contributed by atoms with Crippen LogP contribution in [-0.4, -0.2) is 36.1 Å². The molecular formula is C11H15NO3. The highest BCUT2D eigenvalue weighted by molar-refractivity contribution is 5.30. The minimum Gasteiger partial charge on any atom is -0.497 e. The molecule has 15 heavy (non-hydrogen) atoms. The first kappa shape index (κ1) is 10.4. The van der Waals surface area contributed by atoms with Gasteiger partial charge in [-0.15, -0.1) is 0 Å². The molecule has 0 saturated carbocycles. The van der Waals surface area contributed by atoms with Gasteiger partial charge in [0.2, 0.25) is 0 Å². The number of ether oxygens (including phenoxy) is 1. The molecule has 1 fully saturated rings. The summed E-state index contributed by atoms with van der Waals surface area (Å²) in [5.74, 6) is 0.784. The highest BCUT2D eigenvalue weighted by Gasteiger charge is 2.33. The minimum absolute atomic E-state index is 0.189. The number of nitrogens with one attached hydrogen (secondary N) is 1. The van der Waals surface area contributed by atoms with Gasteiger partial charge in [0, 0.05) is 6.54 Å². The Balaban J connectivity index is 2.16. The number of methoxy groups -OCH3 is 1. The van der Waals surface area contributed by atoms with Crippen LogP contribution in [-0.2, 0) is 0 Å². The van der Waals surface area contributed by atoms with Gasteiger partial charge in [-0.05, 0) is 17.7 Å². The zero-order chi connectivity index (χ0) is 10.8. The fraction of sp³-hybridized carbons (Fsp3) is 0.455. The van der Waals surface area contributed by atoms with Crippen molar-refractivity contribution in [3.05, 3.63) is 29.8 Å². The molecule has 0 aromatic heterocycles. The summed E-state index contributed by atoms with van der Waals surface area (Å²) in [6.07, 6.45) is -1.42. The van der Waals surface area contributed by atoms with Crippen LogP contribution in [0.4, 0.5) is 0 Å². The van der Waals surface area contributed by atoms with E-state index in [-0.39, 0.29) is 6.04 Å². The predicted molar refractivity (Wildman–Crippen MR) is 55.8 cm³/mol. The molecule has 0 unspecified atom stereocenters. The molecule has 0 radical (unpaired) electrons. The average molecular weight is 209 g/mol. The molecule has 82 valence electrons. The lowest BCUT2D eigenvalue weighted by atomic mass is 10.0. The van der Waals surface area contributed by atoms with Gasteiger partial charge in [0.15, 0.2) is 0 Å². The van der Waals surface area contributed by atoms with Gasteiger partial charge >= 0.3 is 0 Å². The summed E-state index contributed by atoms with van der Waals surface area (Å²) in [4.78, 5) is 0. The molecule has 2 rings (SSSR count). The van der Waals surface area contributed by atoms with E-state index in [1.165, 1.54) is 0 Å². The number of rotatable bonds is 2. The second-order valence-corrected chi connectivity index (χ2v) is 3.72. The van der Waals surface area contributed by atoms with Crippen molar-refractivity contribution in [2.24, 2.45) is 0 Å². The zero-order valence-electron chi connectivity index (χ0n) is 8.55. The maximum absolute atomic E-state index is 9.69. The topological polar surface area (TPSA) is 61.7 Å². The summed E-state index contributed by atoms with van der Waals surface area (Å²) in [5.41, 5.74) is 0.958. The van der Waals surface area contributed by atoms with E-state index in [4.69, 9.17) is 4.74 Å². The minimum atomic E-state index is -0.738. The van der Waals surface area contributed by atoms with Crippen molar-refractivity contribution < 1.29 is 14.9 Å². The van der Waals surface area contributed by atoms with Crippen LogP contribution in [0.25, 0.3) is 0 Å². The van der Waals surface area contributed by atoms with E-state index in [1.807, 2.05) is 24.3 Å². The van der Waals surface area contributed by atoms with Crippen molar-refractivity contribution in [3.63, 3.8) is 0 Å². The van der Waals surface area contributed by atoms with Gasteiger partial charge in [-0.25, -0.2) is 0 Å². The smallest absolute Gasteiger partial charge is 0.118 e. The van der Waals surface area contributed by atoms with Crippen molar-refractivity contribution in [1.29, 1.82) is 0 Å². The molecule has 3 N–H and O–H groups in total. The van der Waals surface area contributed by atoms with Gasteiger partial charge in [0.05, 0.1) is 19.3 Å². The third kappa shape index (κ3) is 1.97. The zero-order valence-corrected chi connectivity index (χ0v) is 8.55. The fourth-order valence-electron chi connectivity index (χ4n) is 1.84. The Morgan fingerprint density at radius 3 is 2.40 bits per heavy atom. The first-order valence-corrected chi connectivity index (χ1v) is 4.96. The Morgan fingerprint density at radius 2 is 1.93 bits per heavy atom. The quantitative estimate of drug-likeness (QED) is 0.644. The van der Waals surface area contributed by atoms with Crippen molar-refractivity contribution in [1.82, 2.24) is 5.32 Å². The standard InChI is InChI=1S/C11H15NO3/c1-15-8-4-2-7(3-5-8)10-11(14)9(13)6-12-10/h2-5,9-14H,6H2,1H3/t9-,10+,11+/m0/s1. The molecule has 1 aliphatic rings. The second-order valence-electron chi connectivity index (χ2n) is 3.72. The van der Waals surface area contributed by atoms with Crippen LogP contribution in [0.15, 0.2) is 24.3 Å². The van der Waals surface area contributed by atoms with E-state index in [0.29, 0.717) is 6.54 Å². The van der Waals surface area contributed by atoms with Crippen LogP contribution in [0.2, 0.25) is 0 Å². The number of hydrogen-bond acceptors (Lipinski definition) is 4. The Morgan fingerprint density at radius 1 is 1.27 bits per heavy atom. The molecule has 3 atom stereocenters. The lowest BCUT2D eigenvalue weighted by Gasteiger charge is -2.16. The summed E-state index contributed by atoms with van der Waals surface area (Å²) >= 11 is 0. The fourth-order valence-corrected chi connectivity index (χ4v) is 1.84. The maximum atomic E-state index is 9.69. The second kappa shape index (κ2) is 4.18. The highest BCUT2D eigenvalue weighted by atomic mass is 16.5. The third-order valence-corrected chi connectivity index (χ3v) is 2.76. The number of aliphatic hydroxyl groups is 2. The van der Waals surface area contributed by atoms with E-state index in [9.17, 15) is 10.2 Å². The predicted octanol–water partition coefficient (Wildman–Crippen LogP) is 0.0613.